The van der Waals surface area contributed by atoms with E-state index in [1.807, 2.05) is 0 Å². The molecule has 0 aromatic carbocycles. The lowest BCUT2D eigenvalue weighted by Gasteiger charge is -2.21. The Morgan fingerprint density at radius 2 is 2.21 bits per heavy atom. The lowest BCUT2D eigenvalue weighted by Crippen LogP contribution is -2.44. The second-order valence-corrected chi connectivity index (χ2v) is 4.62. The summed E-state index contributed by atoms with van der Waals surface area (Å²) < 4.78 is 5.41. The topological polar surface area (TPSA) is 120 Å². The molecule has 9 heteroatoms. The van der Waals surface area contributed by atoms with E-state index in [1.54, 1.807) is 0 Å². The van der Waals surface area contributed by atoms with Gasteiger partial charge in [-0.15, -0.1) is 0 Å². The molecule has 2 rings (SSSR count). The number of nitrogens with one attached hydrogen (secondary N) is 2. The molecule has 0 amide bonds. The van der Waals surface area contributed by atoms with Crippen LogP contribution in [0.2, 0.25) is 0 Å². The first-order chi connectivity index (χ1) is 9.08. The largest absolute Gasteiger partial charge is 0.376 e. The summed E-state index contributed by atoms with van der Waals surface area (Å²) in [5.41, 5.74) is -0.161. The zero-order valence-electron chi connectivity index (χ0n) is 10.3. The van der Waals surface area contributed by atoms with Crippen LogP contribution in [0.4, 0.5) is 0 Å². The molecule has 0 bridgehead atoms. The van der Waals surface area contributed by atoms with Crippen molar-refractivity contribution in [2.75, 3.05) is 19.7 Å². The molecule has 0 aromatic heterocycles. The Hall–Kier alpha value is -1.90. The fourth-order valence-corrected chi connectivity index (χ4v) is 2.22. The molecule has 1 saturated heterocycles. The van der Waals surface area contributed by atoms with E-state index in [1.165, 1.54) is 0 Å². The van der Waals surface area contributed by atoms with Gasteiger partial charge in [-0.3, -0.25) is 20.2 Å². The maximum atomic E-state index is 10.9. The van der Waals surface area contributed by atoms with E-state index in [0.29, 0.717) is 13.2 Å². The summed E-state index contributed by atoms with van der Waals surface area (Å²) >= 11 is 0. The van der Waals surface area contributed by atoms with E-state index >= 15 is 0 Å². The van der Waals surface area contributed by atoms with E-state index in [4.69, 9.17) is 4.74 Å². The highest BCUT2D eigenvalue weighted by atomic mass is 16.6. The summed E-state index contributed by atoms with van der Waals surface area (Å²) in [5, 5.41) is 27.3. The Labute approximate surface area is 109 Å². The first-order valence-electron chi connectivity index (χ1n) is 6.18. The molecule has 2 aliphatic rings. The molecule has 0 saturated carbocycles. The molecule has 0 aliphatic carbocycles. The van der Waals surface area contributed by atoms with E-state index in [2.05, 4.69) is 10.6 Å². The molecule has 0 unspecified atom stereocenters. The number of hydrogen-bond acceptors (Lipinski definition) is 7. The summed E-state index contributed by atoms with van der Waals surface area (Å²) in [6.07, 6.45) is 1.80. The molecule has 2 aliphatic heterocycles. The minimum absolute atomic E-state index is 0.0514. The van der Waals surface area contributed by atoms with Crippen LogP contribution >= 0.6 is 0 Å². The summed E-state index contributed by atoms with van der Waals surface area (Å²) in [4.78, 5) is 20.6. The Bertz CT molecular complexity index is 405. The van der Waals surface area contributed by atoms with Crippen molar-refractivity contribution in [2.45, 2.75) is 31.4 Å². The van der Waals surface area contributed by atoms with Crippen molar-refractivity contribution in [1.29, 1.82) is 0 Å². The quantitative estimate of drug-likeness (QED) is 0.527. The molecule has 106 valence electrons. The van der Waals surface area contributed by atoms with Crippen LogP contribution in [0.1, 0.15) is 19.3 Å². The highest BCUT2D eigenvalue weighted by Gasteiger charge is 2.35. The SMILES string of the molecule is O=[N+]([O-])C1=C(NC[C@@H]2CCCO2)NC[C@H]([N+](=O)[O-])C1. The van der Waals surface area contributed by atoms with Gasteiger partial charge in [0.05, 0.1) is 17.6 Å². The van der Waals surface area contributed by atoms with Crippen molar-refractivity contribution in [3.05, 3.63) is 31.7 Å². The molecule has 0 radical (unpaired) electrons. The van der Waals surface area contributed by atoms with Gasteiger partial charge in [0.25, 0.3) is 5.70 Å². The molecular formula is C10H16N4O5. The van der Waals surface area contributed by atoms with Crippen molar-refractivity contribution in [1.82, 2.24) is 10.6 Å². The van der Waals surface area contributed by atoms with E-state index in [0.717, 1.165) is 12.8 Å². The summed E-state index contributed by atoms with van der Waals surface area (Å²) in [5.74, 6) is 0.276. The van der Waals surface area contributed by atoms with E-state index < -0.39 is 15.9 Å². The monoisotopic (exact) mass is 272 g/mol. The Balaban J connectivity index is 2.00. The lowest BCUT2D eigenvalue weighted by atomic mass is 10.1. The van der Waals surface area contributed by atoms with Gasteiger partial charge in [0.2, 0.25) is 6.04 Å². The molecule has 0 spiro atoms. The number of nitrogens with zero attached hydrogens (tertiary/aromatic N) is 2. The molecule has 2 heterocycles. The Kier molecular flexibility index (Phi) is 4.15. The second kappa shape index (κ2) is 5.83. The predicted octanol–water partition coefficient (Wildman–Crippen LogP) is -0.161. The zero-order valence-corrected chi connectivity index (χ0v) is 10.3. The van der Waals surface area contributed by atoms with Gasteiger partial charge >= 0.3 is 0 Å². The van der Waals surface area contributed by atoms with Crippen LogP contribution in [0, 0.1) is 20.2 Å². The van der Waals surface area contributed by atoms with Gasteiger partial charge in [0.15, 0.2) is 5.82 Å². The maximum Gasteiger partial charge on any atom is 0.292 e. The van der Waals surface area contributed by atoms with Crippen molar-refractivity contribution < 1.29 is 14.6 Å². The van der Waals surface area contributed by atoms with Gasteiger partial charge in [-0.05, 0) is 12.8 Å². The minimum Gasteiger partial charge on any atom is -0.376 e. The molecule has 2 atom stereocenters. The average Bonchev–Trinajstić information content (AvgIpc) is 2.89. The van der Waals surface area contributed by atoms with Crippen molar-refractivity contribution in [3.63, 3.8) is 0 Å². The molecular weight excluding hydrogens is 256 g/mol. The Morgan fingerprint density at radius 1 is 1.42 bits per heavy atom. The lowest BCUT2D eigenvalue weighted by molar-refractivity contribution is -0.529. The summed E-state index contributed by atoms with van der Waals surface area (Å²) in [7, 11) is 0. The standard InChI is InChI=1S/C10H16N4O5/c15-13(16)7-4-9(14(17)18)10(11-5-7)12-6-8-2-1-3-19-8/h7-8,11-12H,1-6H2/t7-,8+/m1/s1. The molecule has 19 heavy (non-hydrogen) atoms. The normalized spacial score (nSPS) is 26.9. The van der Waals surface area contributed by atoms with Gasteiger partial charge < -0.3 is 15.4 Å². The van der Waals surface area contributed by atoms with Crippen molar-refractivity contribution >= 4 is 0 Å². The van der Waals surface area contributed by atoms with Gasteiger partial charge in [-0.25, -0.2) is 0 Å². The molecule has 2 N–H and O–H groups in total. The number of ether oxygens (including phenoxy) is 1. The van der Waals surface area contributed by atoms with Crippen LogP contribution in [-0.2, 0) is 4.74 Å². The molecule has 0 aromatic rings. The highest BCUT2D eigenvalue weighted by molar-refractivity contribution is 5.09. The van der Waals surface area contributed by atoms with E-state index in [-0.39, 0.29) is 30.6 Å². The minimum atomic E-state index is -0.950. The number of rotatable bonds is 5. The maximum absolute atomic E-state index is 10.9. The number of hydrogen-bond donors (Lipinski definition) is 2. The van der Waals surface area contributed by atoms with Crippen molar-refractivity contribution in [3.8, 4) is 0 Å². The van der Waals surface area contributed by atoms with Gasteiger partial charge in [-0.1, -0.05) is 0 Å². The summed E-state index contributed by atoms with van der Waals surface area (Å²) in [6.45, 7) is 1.28. The van der Waals surface area contributed by atoms with Crippen LogP contribution in [0.15, 0.2) is 11.5 Å². The third kappa shape index (κ3) is 3.31. The zero-order chi connectivity index (χ0) is 13.8. The molecule has 9 nitrogen and oxygen atoms in total. The fraction of sp³-hybridized carbons (Fsp3) is 0.800. The van der Waals surface area contributed by atoms with Crippen LogP contribution in [0.25, 0.3) is 0 Å². The first-order valence-corrected chi connectivity index (χ1v) is 6.18. The second-order valence-electron chi connectivity index (χ2n) is 4.62. The van der Waals surface area contributed by atoms with E-state index in [9.17, 15) is 20.2 Å². The highest BCUT2D eigenvalue weighted by Crippen LogP contribution is 2.17. The fourth-order valence-electron chi connectivity index (χ4n) is 2.22. The molecule has 1 fully saturated rings. The average molecular weight is 272 g/mol. The van der Waals surface area contributed by atoms with Crippen molar-refractivity contribution in [2.24, 2.45) is 0 Å². The van der Waals surface area contributed by atoms with Gasteiger partial charge in [0.1, 0.15) is 6.42 Å². The van der Waals surface area contributed by atoms with Crippen LogP contribution in [0.3, 0.4) is 0 Å². The van der Waals surface area contributed by atoms with Crippen LogP contribution in [-0.4, -0.2) is 41.7 Å². The smallest absolute Gasteiger partial charge is 0.292 e. The Morgan fingerprint density at radius 3 is 2.79 bits per heavy atom. The first kappa shape index (κ1) is 13.5. The third-order valence-corrected chi connectivity index (χ3v) is 3.28. The third-order valence-electron chi connectivity index (χ3n) is 3.28. The van der Waals surface area contributed by atoms with Gasteiger partial charge in [0, 0.05) is 18.1 Å². The predicted molar refractivity (Wildman–Crippen MR) is 64.4 cm³/mol. The van der Waals surface area contributed by atoms with Gasteiger partial charge in [-0.2, -0.15) is 0 Å². The summed E-state index contributed by atoms with van der Waals surface area (Å²) in [6, 6.07) is -0.950. The number of nitro groups is 2. The van der Waals surface area contributed by atoms with Crippen LogP contribution in [0.5, 0.6) is 0 Å². The van der Waals surface area contributed by atoms with Crippen LogP contribution < -0.4 is 10.6 Å².